The van der Waals surface area contributed by atoms with Gasteiger partial charge in [0, 0.05) is 19.8 Å². The zero-order valence-corrected chi connectivity index (χ0v) is 18.7. The maximum atomic E-state index is 14.5. The van der Waals surface area contributed by atoms with Crippen molar-refractivity contribution < 1.29 is 17.6 Å². The minimum atomic E-state index is -4.22. The van der Waals surface area contributed by atoms with Crippen LogP contribution >= 0.6 is 0 Å². The van der Waals surface area contributed by atoms with Gasteiger partial charge in [0.25, 0.3) is 10.0 Å². The number of imidazole rings is 1. The van der Waals surface area contributed by atoms with Gasteiger partial charge in [-0.1, -0.05) is 30.3 Å². The second kappa shape index (κ2) is 8.55. The van der Waals surface area contributed by atoms with Crippen molar-refractivity contribution in [1.82, 2.24) is 9.13 Å². The molecule has 1 N–H and O–H groups in total. The Morgan fingerprint density at radius 2 is 1.58 bits per heavy atom. The van der Waals surface area contributed by atoms with Gasteiger partial charge in [-0.15, -0.1) is 0 Å². The number of nitrogens with one attached hydrogen (secondary N) is 1. The molecule has 0 saturated carbocycles. The Morgan fingerprint density at radius 3 is 2.27 bits per heavy atom. The predicted octanol–water partition coefficient (Wildman–Crippen LogP) is 2.85. The van der Waals surface area contributed by atoms with Crippen molar-refractivity contribution in [1.29, 1.82) is 0 Å². The molecule has 1 heterocycles. The molecule has 10 heteroatoms. The number of aryl methyl sites for hydroxylation is 2. The Bertz CT molecular complexity index is 1510. The zero-order chi connectivity index (χ0) is 23.8. The number of fused-ring (bicyclic) bond motifs is 1. The summed E-state index contributed by atoms with van der Waals surface area (Å²) in [4.78, 5) is 24.9. The molecule has 0 bridgehead atoms. The van der Waals surface area contributed by atoms with E-state index < -0.39 is 28.3 Å². The Balaban J connectivity index is 1.68. The smallest absolute Gasteiger partial charge is 0.324 e. The van der Waals surface area contributed by atoms with E-state index in [4.69, 9.17) is 0 Å². The number of para-hydroxylation sites is 1. The van der Waals surface area contributed by atoms with Crippen molar-refractivity contribution >= 4 is 38.3 Å². The van der Waals surface area contributed by atoms with Crippen LogP contribution in [0.25, 0.3) is 11.0 Å². The number of aromatic nitrogens is 2. The minimum Gasteiger partial charge on any atom is -0.324 e. The lowest BCUT2D eigenvalue weighted by Gasteiger charge is -2.24. The zero-order valence-electron chi connectivity index (χ0n) is 17.9. The first-order valence-electron chi connectivity index (χ1n) is 9.98. The number of carbonyl (C=O) groups excluding carboxylic acids is 1. The second-order valence-electron chi connectivity index (χ2n) is 7.43. The molecule has 170 valence electrons. The molecular formula is C23H21FN4O4S. The first-order chi connectivity index (χ1) is 15.7. The van der Waals surface area contributed by atoms with Crippen LogP contribution in [0.15, 0.2) is 82.5 Å². The summed E-state index contributed by atoms with van der Waals surface area (Å²) in [5.74, 6) is -1.44. The first-order valence-corrected chi connectivity index (χ1v) is 11.4. The number of nitrogens with zero attached hydrogens (tertiary/aromatic N) is 3. The molecule has 33 heavy (non-hydrogen) atoms. The molecule has 4 aromatic rings. The summed E-state index contributed by atoms with van der Waals surface area (Å²) in [6.07, 6.45) is 0. The van der Waals surface area contributed by atoms with Gasteiger partial charge in [-0.25, -0.2) is 17.6 Å². The molecule has 0 radical (unpaired) electrons. The molecule has 0 aliphatic heterocycles. The van der Waals surface area contributed by atoms with Crippen LogP contribution < -0.4 is 15.3 Å². The number of hydrogen-bond acceptors (Lipinski definition) is 4. The van der Waals surface area contributed by atoms with E-state index in [0.29, 0.717) is 16.7 Å². The number of hydrogen-bond donors (Lipinski definition) is 1. The number of sulfonamides is 1. The van der Waals surface area contributed by atoms with Crippen LogP contribution in [-0.4, -0.2) is 30.0 Å². The van der Waals surface area contributed by atoms with E-state index in [-0.39, 0.29) is 16.3 Å². The summed E-state index contributed by atoms with van der Waals surface area (Å²) in [7, 11) is -0.968. The first kappa shape index (κ1) is 22.3. The number of benzene rings is 3. The molecular weight excluding hydrogens is 447 g/mol. The van der Waals surface area contributed by atoms with Gasteiger partial charge in [0.1, 0.15) is 12.4 Å². The van der Waals surface area contributed by atoms with Crippen LogP contribution in [0, 0.1) is 5.82 Å². The van der Waals surface area contributed by atoms with E-state index in [1.165, 1.54) is 39.5 Å². The Labute approximate surface area is 189 Å². The second-order valence-corrected chi connectivity index (χ2v) is 9.29. The highest BCUT2D eigenvalue weighted by molar-refractivity contribution is 7.92. The van der Waals surface area contributed by atoms with E-state index >= 15 is 0 Å². The fourth-order valence-electron chi connectivity index (χ4n) is 3.59. The van der Waals surface area contributed by atoms with Crippen LogP contribution in [0.2, 0.25) is 0 Å². The van der Waals surface area contributed by atoms with Gasteiger partial charge in [-0.05, 0) is 42.5 Å². The van der Waals surface area contributed by atoms with Gasteiger partial charge in [-0.2, -0.15) is 0 Å². The van der Waals surface area contributed by atoms with Crippen molar-refractivity contribution in [3.63, 3.8) is 0 Å². The maximum absolute atomic E-state index is 14.5. The number of halogens is 1. The van der Waals surface area contributed by atoms with Crippen LogP contribution in [0.5, 0.6) is 0 Å². The van der Waals surface area contributed by atoms with Crippen LogP contribution in [0.3, 0.4) is 0 Å². The predicted molar refractivity (Wildman–Crippen MR) is 124 cm³/mol. The minimum absolute atomic E-state index is 0.0678. The van der Waals surface area contributed by atoms with Gasteiger partial charge in [0.05, 0.1) is 21.6 Å². The lowest BCUT2D eigenvalue weighted by atomic mass is 10.2. The number of rotatable bonds is 6. The normalized spacial score (nSPS) is 11.5. The van der Waals surface area contributed by atoms with Gasteiger partial charge in [-0.3, -0.25) is 18.2 Å². The third-order valence-corrected chi connectivity index (χ3v) is 7.07. The van der Waals surface area contributed by atoms with Gasteiger partial charge in [0.15, 0.2) is 0 Å². The molecule has 8 nitrogen and oxygen atoms in total. The molecule has 0 saturated heterocycles. The van der Waals surface area contributed by atoms with Gasteiger partial charge < -0.3 is 5.32 Å². The molecule has 0 atom stereocenters. The Kier molecular flexibility index (Phi) is 5.77. The van der Waals surface area contributed by atoms with Crippen LogP contribution in [-0.2, 0) is 28.9 Å². The molecule has 0 unspecified atom stereocenters. The summed E-state index contributed by atoms with van der Waals surface area (Å²) < 4.78 is 44.8. The van der Waals surface area contributed by atoms with Crippen LogP contribution in [0.1, 0.15) is 0 Å². The molecule has 1 amide bonds. The number of amides is 1. The molecule has 3 aromatic carbocycles. The van der Waals surface area contributed by atoms with Crippen molar-refractivity contribution in [2.45, 2.75) is 4.90 Å². The molecule has 0 fully saturated rings. The average Bonchev–Trinajstić information content (AvgIpc) is 3.02. The fraction of sp³-hybridized carbons (Fsp3) is 0.130. The third-order valence-electron chi connectivity index (χ3n) is 5.30. The quantitative estimate of drug-likeness (QED) is 0.471. The van der Waals surface area contributed by atoms with E-state index in [1.807, 2.05) is 0 Å². The summed E-state index contributed by atoms with van der Waals surface area (Å²) in [5.41, 5.74) is 1.20. The van der Waals surface area contributed by atoms with Crippen molar-refractivity contribution in [3.05, 3.63) is 89.1 Å². The van der Waals surface area contributed by atoms with E-state index in [2.05, 4.69) is 5.32 Å². The fourth-order valence-corrected chi connectivity index (χ4v) is 5.04. The van der Waals surface area contributed by atoms with Crippen molar-refractivity contribution in [3.8, 4) is 0 Å². The van der Waals surface area contributed by atoms with Gasteiger partial charge in [0.2, 0.25) is 5.91 Å². The van der Waals surface area contributed by atoms with Crippen molar-refractivity contribution in [2.75, 3.05) is 16.2 Å². The monoisotopic (exact) mass is 468 g/mol. The molecule has 0 spiro atoms. The molecule has 1 aromatic heterocycles. The van der Waals surface area contributed by atoms with Crippen LogP contribution in [0.4, 0.5) is 15.8 Å². The molecule has 0 aliphatic rings. The summed E-state index contributed by atoms with van der Waals surface area (Å²) in [6, 6.07) is 17.8. The lowest BCUT2D eigenvalue weighted by Crippen LogP contribution is -2.38. The number of anilines is 2. The third kappa shape index (κ3) is 4.12. The highest BCUT2D eigenvalue weighted by Crippen LogP contribution is 2.26. The Morgan fingerprint density at radius 1 is 0.939 bits per heavy atom. The highest BCUT2D eigenvalue weighted by atomic mass is 32.2. The maximum Gasteiger partial charge on any atom is 0.328 e. The summed E-state index contributed by atoms with van der Waals surface area (Å²) in [6.45, 7) is -0.649. The Hall–Kier alpha value is -3.92. The van der Waals surface area contributed by atoms with E-state index in [9.17, 15) is 22.4 Å². The number of carbonyl (C=O) groups is 1. The molecule has 4 rings (SSSR count). The lowest BCUT2D eigenvalue weighted by molar-refractivity contribution is -0.114. The van der Waals surface area contributed by atoms with Gasteiger partial charge >= 0.3 is 5.69 Å². The standard InChI is InChI=1S/C23H21FN4O4S/c1-26-20-13-12-16(14-21(20)27(2)23(26)30)25-22(29)15-28(19-11-7-6-10-18(19)24)33(31,32)17-8-4-3-5-9-17/h3-14H,15H2,1-2H3,(H,25,29). The average molecular weight is 469 g/mol. The molecule has 0 aliphatic carbocycles. The highest BCUT2D eigenvalue weighted by Gasteiger charge is 2.29. The largest absolute Gasteiger partial charge is 0.328 e. The van der Waals surface area contributed by atoms with E-state index in [1.54, 1.807) is 50.5 Å². The van der Waals surface area contributed by atoms with E-state index in [0.717, 1.165) is 10.4 Å². The SMILES string of the molecule is Cn1c(=O)n(C)c2cc(NC(=O)CN(c3ccccc3F)S(=O)(=O)c3ccccc3)ccc21. The topological polar surface area (TPSA) is 93.4 Å². The van der Waals surface area contributed by atoms with Crippen molar-refractivity contribution in [2.24, 2.45) is 14.1 Å². The summed E-state index contributed by atoms with van der Waals surface area (Å²) >= 11 is 0. The summed E-state index contributed by atoms with van der Waals surface area (Å²) in [5, 5.41) is 2.64.